The van der Waals surface area contributed by atoms with Gasteiger partial charge in [0.2, 0.25) is 0 Å². The lowest BCUT2D eigenvalue weighted by Gasteiger charge is -2.04. The summed E-state index contributed by atoms with van der Waals surface area (Å²) in [5.41, 5.74) is 3.82. The number of H-pyrrole nitrogens is 1. The van der Waals surface area contributed by atoms with Gasteiger partial charge in [-0.3, -0.25) is 4.79 Å². The van der Waals surface area contributed by atoms with Crippen molar-refractivity contribution in [1.82, 2.24) is 4.98 Å². The Labute approximate surface area is 122 Å². The average molecular weight is 281 g/mol. The van der Waals surface area contributed by atoms with E-state index >= 15 is 0 Å². The summed E-state index contributed by atoms with van der Waals surface area (Å²) < 4.78 is 0. The molecule has 0 fully saturated rings. The first-order valence-corrected chi connectivity index (χ1v) is 7.89. The van der Waals surface area contributed by atoms with Crippen LogP contribution in [0.5, 0.6) is 0 Å². The van der Waals surface area contributed by atoms with Gasteiger partial charge < -0.3 is 4.98 Å². The number of aromatic nitrogens is 1. The Morgan fingerprint density at radius 1 is 1.05 bits per heavy atom. The van der Waals surface area contributed by atoms with Gasteiger partial charge in [-0.2, -0.15) is 11.8 Å². The first-order valence-electron chi connectivity index (χ1n) is 6.49. The lowest BCUT2D eigenvalue weighted by Crippen LogP contribution is -2.04. The van der Waals surface area contributed by atoms with Gasteiger partial charge in [-0.05, 0) is 17.9 Å². The molecular formula is C17H15NOS. The molecule has 1 N–H and O–H groups in total. The summed E-state index contributed by atoms with van der Waals surface area (Å²) in [5, 5.41) is 1.10. The van der Waals surface area contributed by atoms with Gasteiger partial charge in [0.25, 0.3) is 0 Å². The van der Waals surface area contributed by atoms with Crippen molar-refractivity contribution in [3.8, 4) is 11.1 Å². The molecule has 2 nitrogen and oxygen atoms in total. The number of benzene rings is 2. The third-order valence-electron chi connectivity index (χ3n) is 3.32. The van der Waals surface area contributed by atoms with Gasteiger partial charge in [-0.15, -0.1) is 0 Å². The molecule has 0 atom stereocenters. The maximum atomic E-state index is 12.4. The summed E-state index contributed by atoms with van der Waals surface area (Å²) >= 11 is 1.55. The predicted molar refractivity (Wildman–Crippen MR) is 86.4 cm³/mol. The molecule has 100 valence electrons. The van der Waals surface area contributed by atoms with Crippen molar-refractivity contribution in [2.24, 2.45) is 0 Å². The van der Waals surface area contributed by atoms with Crippen LogP contribution in [-0.2, 0) is 0 Å². The maximum absolute atomic E-state index is 12.4. The molecule has 0 aliphatic carbocycles. The fourth-order valence-corrected chi connectivity index (χ4v) is 2.87. The highest BCUT2D eigenvalue weighted by atomic mass is 32.2. The molecule has 3 heteroatoms. The van der Waals surface area contributed by atoms with Crippen molar-refractivity contribution in [3.05, 3.63) is 60.3 Å². The molecule has 0 unspecified atom stereocenters. The monoisotopic (exact) mass is 281 g/mol. The van der Waals surface area contributed by atoms with E-state index in [1.165, 1.54) is 0 Å². The molecule has 20 heavy (non-hydrogen) atoms. The number of carbonyl (C=O) groups is 1. The van der Waals surface area contributed by atoms with Crippen LogP contribution in [0, 0.1) is 0 Å². The van der Waals surface area contributed by atoms with Crippen molar-refractivity contribution in [2.75, 3.05) is 12.0 Å². The summed E-state index contributed by atoms with van der Waals surface area (Å²) in [6.07, 6.45) is 1.95. The normalized spacial score (nSPS) is 10.8. The van der Waals surface area contributed by atoms with E-state index in [1.54, 1.807) is 11.8 Å². The smallest absolute Gasteiger partial charge is 0.189 e. The van der Waals surface area contributed by atoms with E-state index in [0.29, 0.717) is 11.4 Å². The summed E-state index contributed by atoms with van der Waals surface area (Å²) in [4.78, 5) is 15.6. The van der Waals surface area contributed by atoms with Crippen molar-refractivity contribution < 1.29 is 4.79 Å². The fraction of sp³-hybridized carbons (Fsp3) is 0.118. The summed E-state index contributed by atoms with van der Waals surface area (Å²) in [5.74, 6) is 0.639. The van der Waals surface area contributed by atoms with Crippen LogP contribution in [0.4, 0.5) is 0 Å². The van der Waals surface area contributed by atoms with Crippen LogP contribution < -0.4 is 0 Å². The highest BCUT2D eigenvalue weighted by molar-refractivity contribution is 7.99. The molecule has 0 amide bonds. The molecule has 3 aromatic rings. The predicted octanol–water partition coefficient (Wildman–Crippen LogP) is 4.38. The topological polar surface area (TPSA) is 32.9 Å². The van der Waals surface area contributed by atoms with Gasteiger partial charge in [0.1, 0.15) is 0 Å². The highest BCUT2D eigenvalue weighted by Gasteiger charge is 2.18. The second-order valence-corrected chi connectivity index (χ2v) is 5.51. The van der Waals surface area contributed by atoms with E-state index in [-0.39, 0.29) is 5.78 Å². The zero-order valence-corrected chi connectivity index (χ0v) is 12.0. The van der Waals surface area contributed by atoms with Crippen molar-refractivity contribution in [1.29, 1.82) is 0 Å². The Morgan fingerprint density at radius 3 is 2.50 bits per heavy atom. The van der Waals surface area contributed by atoms with Crippen molar-refractivity contribution in [3.63, 3.8) is 0 Å². The Kier molecular flexibility index (Phi) is 3.61. The first kappa shape index (κ1) is 13.0. The van der Waals surface area contributed by atoms with E-state index in [2.05, 4.69) is 11.1 Å². The molecular weight excluding hydrogens is 266 g/mol. The van der Waals surface area contributed by atoms with E-state index in [4.69, 9.17) is 0 Å². The van der Waals surface area contributed by atoms with Crippen molar-refractivity contribution >= 4 is 28.4 Å². The van der Waals surface area contributed by atoms with Crippen molar-refractivity contribution in [2.45, 2.75) is 0 Å². The molecule has 3 rings (SSSR count). The Bertz CT molecular complexity index is 746. The molecule has 1 heterocycles. The minimum absolute atomic E-state index is 0.146. The third kappa shape index (κ3) is 2.25. The number of para-hydroxylation sites is 1. The van der Waals surface area contributed by atoms with Crippen LogP contribution in [0.2, 0.25) is 0 Å². The maximum Gasteiger partial charge on any atom is 0.189 e. The largest absolute Gasteiger partial charge is 0.352 e. The van der Waals surface area contributed by atoms with E-state index < -0.39 is 0 Å². The molecule has 0 aliphatic rings. The molecule has 0 aliphatic heterocycles. The van der Waals surface area contributed by atoms with Gasteiger partial charge in [0, 0.05) is 16.5 Å². The third-order valence-corrected chi connectivity index (χ3v) is 3.87. The number of fused-ring (bicyclic) bond motifs is 1. The molecule has 0 spiro atoms. The van der Waals surface area contributed by atoms with Crippen LogP contribution in [0.25, 0.3) is 22.0 Å². The second kappa shape index (κ2) is 5.55. The minimum Gasteiger partial charge on any atom is -0.352 e. The highest BCUT2D eigenvalue weighted by Crippen LogP contribution is 2.32. The number of hydrogen-bond acceptors (Lipinski definition) is 2. The lowest BCUT2D eigenvalue weighted by atomic mass is 10.0. The SMILES string of the molecule is CSCC(=O)c1[nH]c2ccccc2c1-c1ccccc1. The van der Waals surface area contributed by atoms with Gasteiger partial charge in [-0.25, -0.2) is 0 Å². The van der Waals surface area contributed by atoms with E-state index in [9.17, 15) is 4.79 Å². The lowest BCUT2D eigenvalue weighted by molar-refractivity contribution is 0.101. The number of hydrogen-bond donors (Lipinski definition) is 1. The minimum atomic E-state index is 0.146. The quantitative estimate of drug-likeness (QED) is 0.720. The van der Waals surface area contributed by atoms with Gasteiger partial charge in [0.05, 0.1) is 11.4 Å². The van der Waals surface area contributed by atoms with Crippen LogP contribution in [0.3, 0.4) is 0 Å². The number of carbonyl (C=O) groups excluding carboxylic acids is 1. The van der Waals surface area contributed by atoms with Gasteiger partial charge in [0.15, 0.2) is 5.78 Å². The number of Topliss-reactive ketones (excluding diaryl/α,β-unsaturated/α-hetero) is 1. The summed E-state index contributed by atoms with van der Waals surface area (Å²) in [6, 6.07) is 18.1. The molecule has 0 bridgehead atoms. The Hall–Kier alpha value is -2.00. The molecule has 2 aromatic carbocycles. The van der Waals surface area contributed by atoms with Gasteiger partial charge >= 0.3 is 0 Å². The Morgan fingerprint density at radius 2 is 1.75 bits per heavy atom. The van der Waals surface area contributed by atoms with Crippen LogP contribution in [0.15, 0.2) is 54.6 Å². The molecule has 0 saturated carbocycles. The van der Waals surface area contributed by atoms with Gasteiger partial charge in [-0.1, -0.05) is 48.5 Å². The van der Waals surface area contributed by atoms with Crippen LogP contribution in [-0.4, -0.2) is 22.8 Å². The second-order valence-electron chi connectivity index (χ2n) is 4.64. The van der Waals surface area contributed by atoms with E-state index in [0.717, 1.165) is 22.0 Å². The number of aromatic amines is 1. The number of nitrogens with one attached hydrogen (secondary N) is 1. The molecule has 0 saturated heterocycles. The first-order chi connectivity index (χ1) is 9.81. The van der Waals surface area contributed by atoms with Crippen LogP contribution >= 0.6 is 11.8 Å². The summed E-state index contributed by atoms with van der Waals surface area (Å²) in [6.45, 7) is 0. The molecule has 1 aromatic heterocycles. The zero-order chi connectivity index (χ0) is 13.9. The van der Waals surface area contributed by atoms with E-state index in [1.807, 2.05) is 54.8 Å². The molecule has 0 radical (unpaired) electrons. The number of thioether (sulfide) groups is 1. The van der Waals surface area contributed by atoms with Crippen LogP contribution in [0.1, 0.15) is 10.5 Å². The standard InChI is InChI=1S/C17H15NOS/c1-20-11-15(19)17-16(12-7-3-2-4-8-12)13-9-5-6-10-14(13)18-17/h2-10,18H,11H2,1H3. The average Bonchev–Trinajstić information content (AvgIpc) is 2.88. The Balaban J connectivity index is 2.26. The fourth-order valence-electron chi connectivity index (χ4n) is 2.46. The number of rotatable bonds is 4. The number of ketones is 1. The summed E-state index contributed by atoms with van der Waals surface area (Å²) in [7, 11) is 0. The zero-order valence-electron chi connectivity index (χ0n) is 11.2.